The van der Waals surface area contributed by atoms with E-state index in [0.717, 1.165) is 0 Å². The highest BCUT2D eigenvalue weighted by atomic mass is 16.6. The van der Waals surface area contributed by atoms with Gasteiger partial charge in [0, 0.05) is 24.7 Å². The van der Waals surface area contributed by atoms with Crippen LogP contribution in [0.25, 0.3) is 0 Å². The Morgan fingerprint density at radius 2 is 1.49 bits per heavy atom. The molecule has 0 aromatic heterocycles. The van der Waals surface area contributed by atoms with Crippen LogP contribution in [0.5, 0.6) is 0 Å². The Labute approximate surface area is 221 Å². The fraction of sp³-hybridized carbons (Fsp3) is 0.643. The molecule has 1 saturated heterocycles. The molecule has 1 aliphatic rings. The van der Waals surface area contributed by atoms with Crippen LogP contribution in [0.15, 0.2) is 24.3 Å². The van der Waals surface area contributed by atoms with Gasteiger partial charge in [-0.15, -0.1) is 0 Å². The normalized spacial score (nSPS) is 16.2. The Bertz CT molecular complexity index is 944. The lowest BCUT2D eigenvalue weighted by Crippen LogP contribution is -2.54. The lowest BCUT2D eigenvalue weighted by Gasteiger charge is -2.35. The van der Waals surface area contributed by atoms with E-state index in [9.17, 15) is 19.2 Å². The standard InChI is InChI=1S/C28H44N4O5/c1-17(2)20-9-11-22(12-10-20)30-24(33)19(5)29-25(34)21-13-15-32(16-14-21)26(35)23(18(3)4)31-27(36)37-28(6,7)8/h9-12,17-19,21,23H,13-16H2,1-8H3,(H,29,34)(H,30,33)(H,31,36)/t19-,23-/m0/s1. The molecule has 206 valence electrons. The van der Waals surface area contributed by atoms with Gasteiger partial charge in [0.15, 0.2) is 0 Å². The van der Waals surface area contributed by atoms with Gasteiger partial charge in [-0.3, -0.25) is 14.4 Å². The SMILES string of the molecule is CC(C)c1ccc(NC(=O)[C@H](C)NC(=O)C2CCN(C(=O)[C@@H](NC(=O)OC(C)(C)C)C(C)C)CC2)cc1. The van der Waals surface area contributed by atoms with Crippen LogP contribution in [0, 0.1) is 11.8 Å². The van der Waals surface area contributed by atoms with Crippen molar-refractivity contribution in [2.45, 2.75) is 91.8 Å². The van der Waals surface area contributed by atoms with Crippen molar-refractivity contribution in [2.75, 3.05) is 18.4 Å². The second-order valence-corrected chi connectivity index (χ2v) is 11.5. The van der Waals surface area contributed by atoms with E-state index in [-0.39, 0.29) is 29.6 Å². The van der Waals surface area contributed by atoms with Crippen LogP contribution >= 0.6 is 0 Å². The number of nitrogens with zero attached hydrogens (tertiary/aromatic N) is 1. The van der Waals surface area contributed by atoms with E-state index >= 15 is 0 Å². The van der Waals surface area contributed by atoms with Crippen molar-refractivity contribution in [3.8, 4) is 0 Å². The van der Waals surface area contributed by atoms with Gasteiger partial charge < -0.3 is 25.6 Å². The van der Waals surface area contributed by atoms with E-state index in [1.54, 1.807) is 32.6 Å². The Kier molecular flexibility index (Phi) is 10.5. The summed E-state index contributed by atoms with van der Waals surface area (Å²) in [4.78, 5) is 52.4. The number of nitrogens with one attached hydrogen (secondary N) is 3. The van der Waals surface area contributed by atoms with Gasteiger partial charge in [-0.05, 0) is 70.1 Å². The van der Waals surface area contributed by atoms with Gasteiger partial charge in [0.05, 0.1) is 0 Å². The van der Waals surface area contributed by atoms with Crippen molar-refractivity contribution < 1.29 is 23.9 Å². The van der Waals surface area contributed by atoms with E-state index in [2.05, 4.69) is 29.8 Å². The minimum atomic E-state index is -0.710. The third-order valence-electron chi connectivity index (χ3n) is 6.38. The zero-order valence-electron chi connectivity index (χ0n) is 23.5. The highest BCUT2D eigenvalue weighted by Gasteiger charge is 2.34. The highest BCUT2D eigenvalue weighted by molar-refractivity contribution is 5.97. The van der Waals surface area contributed by atoms with E-state index in [1.165, 1.54) is 5.56 Å². The number of hydrogen-bond donors (Lipinski definition) is 3. The molecule has 9 nitrogen and oxygen atoms in total. The number of hydrogen-bond acceptors (Lipinski definition) is 5. The summed E-state index contributed by atoms with van der Waals surface area (Å²) in [6, 6.07) is 6.27. The van der Waals surface area contributed by atoms with Gasteiger partial charge in [0.1, 0.15) is 17.7 Å². The smallest absolute Gasteiger partial charge is 0.408 e. The molecule has 3 N–H and O–H groups in total. The number of alkyl carbamates (subject to hydrolysis) is 1. The Morgan fingerprint density at radius 3 is 1.97 bits per heavy atom. The zero-order chi connectivity index (χ0) is 27.9. The van der Waals surface area contributed by atoms with Crippen molar-refractivity contribution in [1.82, 2.24) is 15.5 Å². The molecule has 0 spiro atoms. The molecule has 1 aliphatic heterocycles. The van der Waals surface area contributed by atoms with Crippen LogP contribution in [-0.4, -0.2) is 59.5 Å². The summed E-state index contributed by atoms with van der Waals surface area (Å²) in [5.41, 5.74) is 1.21. The molecule has 2 atom stereocenters. The molecule has 2 rings (SSSR count). The summed E-state index contributed by atoms with van der Waals surface area (Å²) in [5, 5.41) is 8.34. The van der Waals surface area contributed by atoms with Gasteiger partial charge in [0.25, 0.3) is 0 Å². The topological polar surface area (TPSA) is 117 Å². The number of amides is 4. The summed E-state index contributed by atoms with van der Waals surface area (Å²) in [6.07, 6.45) is 0.344. The minimum Gasteiger partial charge on any atom is -0.444 e. The van der Waals surface area contributed by atoms with E-state index < -0.39 is 23.8 Å². The van der Waals surface area contributed by atoms with Crippen molar-refractivity contribution in [1.29, 1.82) is 0 Å². The van der Waals surface area contributed by atoms with E-state index in [1.807, 2.05) is 38.1 Å². The summed E-state index contributed by atoms with van der Waals surface area (Å²) < 4.78 is 5.31. The van der Waals surface area contributed by atoms with Crippen molar-refractivity contribution in [3.05, 3.63) is 29.8 Å². The predicted octanol–water partition coefficient (Wildman–Crippen LogP) is 4.04. The first kappa shape index (κ1) is 30.1. The van der Waals surface area contributed by atoms with Crippen LogP contribution in [0.3, 0.4) is 0 Å². The van der Waals surface area contributed by atoms with Gasteiger partial charge >= 0.3 is 6.09 Å². The predicted molar refractivity (Wildman–Crippen MR) is 144 cm³/mol. The lowest BCUT2D eigenvalue weighted by atomic mass is 9.94. The molecule has 0 saturated carbocycles. The molecular weight excluding hydrogens is 472 g/mol. The van der Waals surface area contributed by atoms with Gasteiger partial charge in [-0.2, -0.15) is 0 Å². The summed E-state index contributed by atoms with van der Waals surface area (Å²) in [5.74, 6) is -0.676. The molecule has 0 aliphatic carbocycles. The number of anilines is 1. The zero-order valence-corrected chi connectivity index (χ0v) is 23.5. The van der Waals surface area contributed by atoms with Crippen molar-refractivity contribution in [2.24, 2.45) is 11.8 Å². The molecular formula is C28H44N4O5. The number of piperidine rings is 1. The largest absolute Gasteiger partial charge is 0.444 e. The molecule has 37 heavy (non-hydrogen) atoms. The Hall–Kier alpha value is -3.10. The van der Waals surface area contributed by atoms with Crippen LogP contribution in [0.1, 0.15) is 79.7 Å². The second kappa shape index (κ2) is 12.9. The van der Waals surface area contributed by atoms with Crippen molar-refractivity contribution in [3.63, 3.8) is 0 Å². The number of rotatable bonds is 8. The minimum absolute atomic E-state index is 0.123. The molecule has 4 amide bonds. The van der Waals surface area contributed by atoms with Crippen LogP contribution < -0.4 is 16.0 Å². The molecule has 0 unspecified atom stereocenters. The number of benzene rings is 1. The van der Waals surface area contributed by atoms with Crippen LogP contribution in [0.2, 0.25) is 0 Å². The lowest BCUT2D eigenvalue weighted by molar-refractivity contribution is -0.138. The third kappa shape index (κ3) is 9.37. The van der Waals surface area contributed by atoms with E-state index in [0.29, 0.717) is 37.5 Å². The molecule has 1 aromatic carbocycles. The number of ether oxygens (including phenoxy) is 1. The first-order chi connectivity index (χ1) is 17.2. The van der Waals surface area contributed by atoms with Crippen molar-refractivity contribution >= 4 is 29.5 Å². The fourth-order valence-electron chi connectivity index (χ4n) is 4.11. The first-order valence-electron chi connectivity index (χ1n) is 13.2. The van der Waals surface area contributed by atoms with Crippen LogP contribution in [-0.2, 0) is 19.1 Å². The molecule has 0 radical (unpaired) electrons. The quantitative estimate of drug-likeness (QED) is 0.482. The molecule has 1 heterocycles. The average molecular weight is 517 g/mol. The van der Waals surface area contributed by atoms with E-state index in [4.69, 9.17) is 4.74 Å². The van der Waals surface area contributed by atoms with Crippen LogP contribution in [0.4, 0.5) is 10.5 Å². The molecule has 9 heteroatoms. The first-order valence-corrected chi connectivity index (χ1v) is 13.2. The summed E-state index contributed by atoms with van der Waals surface area (Å²) >= 11 is 0. The average Bonchev–Trinajstić information content (AvgIpc) is 2.81. The molecule has 1 aromatic rings. The number of carbonyl (C=O) groups excluding carboxylic acids is 4. The Morgan fingerprint density at radius 1 is 0.919 bits per heavy atom. The maximum atomic E-state index is 13.1. The summed E-state index contributed by atoms with van der Waals surface area (Å²) in [6.45, 7) is 15.7. The molecule has 0 bridgehead atoms. The van der Waals surface area contributed by atoms with Gasteiger partial charge in [-0.25, -0.2) is 4.79 Å². The maximum absolute atomic E-state index is 13.1. The van der Waals surface area contributed by atoms with Gasteiger partial charge in [0.2, 0.25) is 17.7 Å². The molecule has 1 fully saturated rings. The Balaban J connectivity index is 1.85. The third-order valence-corrected chi connectivity index (χ3v) is 6.38. The summed E-state index contributed by atoms with van der Waals surface area (Å²) in [7, 11) is 0. The van der Waals surface area contributed by atoms with Gasteiger partial charge in [-0.1, -0.05) is 39.8 Å². The fourth-order valence-corrected chi connectivity index (χ4v) is 4.11. The maximum Gasteiger partial charge on any atom is 0.408 e. The highest BCUT2D eigenvalue weighted by Crippen LogP contribution is 2.21. The second-order valence-electron chi connectivity index (χ2n) is 11.5. The number of likely N-dealkylation sites (tertiary alicyclic amines) is 1. The monoisotopic (exact) mass is 516 g/mol. The number of carbonyl (C=O) groups is 4.